The Labute approximate surface area is 141 Å². The van der Waals surface area contributed by atoms with Gasteiger partial charge in [-0.15, -0.1) is 0 Å². The summed E-state index contributed by atoms with van der Waals surface area (Å²) >= 11 is 0. The third-order valence-corrected chi connectivity index (χ3v) is 5.05. The minimum Gasteiger partial charge on any atom is -0.299 e. The molecule has 0 aliphatic heterocycles. The van der Waals surface area contributed by atoms with E-state index in [4.69, 9.17) is 0 Å². The highest BCUT2D eigenvalue weighted by Crippen LogP contribution is 2.40. The standard InChI is InChI=1S/C22H30O/c1-17(15-20-9-5-8-19(16-20)12-14-23)10-11-21-18(2)7-6-13-22(21,3)4/h10-12,14-16H,5-9,13H2,1-4H3/b11-10+,17-15+,19-12+. The van der Waals surface area contributed by atoms with Crippen molar-refractivity contribution < 1.29 is 4.79 Å². The van der Waals surface area contributed by atoms with Crippen molar-refractivity contribution in [3.05, 3.63) is 58.2 Å². The Morgan fingerprint density at radius 2 is 1.96 bits per heavy atom. The average molecular weight is 310 g/mol. The third-order valence-electron chi connectivity index (χ3n) is 5.05. The molecule has 0 saturated carbocycles. The maximum atomic E-state index is 10.6. The van der Waals surface area contributed by atoms with Crippen LogP contribution in [0.2, 0.25) is 0 Å². The molecule has 0 bridgehead atoms. The summed E-state index contributed by atoms with van der Waals surface area (Å²) in [5, 5.41) is 0. The van der Waals surface area contributed by atoms with Crippen LogP contribution in [0.1, 0.15) is 66.2 Å². The largest absolute Gasteiger partial charge is 0.299 e. The first-order valence-electron chi connectivity index (χ1n) is 8.84. The molecule has 2 aliphatic rings. The van der Waals surface area contributed by atoms with Gasteiger partial charge < -0.3 is 0 Å². The highest BCUT2D eigenvalue weighted by atomic mass is 16.1. The van der Waals surface area contributed by atoms with Crippen molar-refractivity contribution >= 4 is 6.29 Å². The summed E-state index contributed by atoms with van der Waals surface area (Å²) in [6, 6.07) is 0. The van der Waals surface area contributed by atoms with Gasteiger partial charge in [0.15, 0.2) is 0 Å². The molecule has 124 valence electrons. The fourth-order valence-corrected chi connectivity index (χ4v) is 3.78. The van der Waals surface area contributed by atoms with Gasteiger partial charge in [0.2, 0.25) is 0 Å². The lowest BCUT2D eigenvalue weighted by molar-refractivity contribution is -0.104. The summed E-state index contributed by atoms with van der Waals surface area (Å²) in [5.74, 6) is 0. The summed E-state index contributed by atoms with van der Waals surface area (Å²) in [5.41, 5.74) is 7.11. The number of aldehydes is 1. The Kier molecular flexibility index (Phi) is 5.98. The Balaban J connectivity index is 2.16. The normalized spacial score (nSPS) is 24.3. The molecule has 0 fully saturated rings. The van der Waals surface area contributed by atoms with Crippen LogP contribution in [0.15, 0.2) is 58.2 Å². The van der Waals surface area contributed by atoms with Gasteiger partial charge in [0.05, 0.1) is 0 Å². The Morgan fingerprint density at radius 3 is 2.65 bits per heavy atom. The van der Waals surface area contributed by atoms with E-state index in [2.05, 4.69) is 52.0 Å². The first-order chi connectivity index (χ1) is 10.9. The van der Waals surface area contributed by atoms with Crippen LogP contribution in [0.5, 0.6) is 0 Å². The number of hydrogen-bond donors (Lipinski definition) is 0. The molecule has 0 aromatic carbocycles. The van der Waals surface area contributed by atoms with E-state index in [0.29, 0.717) is 5.41 Å². The molecule has 1 nitrogen and oxygen atoms in total. The van der Waals surface area contributed by atoms with E-state index in [-0.39, 0.29) is 0 Å². The molecule has 0 amide bonds. The first kappa shape index (κ1) is 17.7. The van der Waals surface area contributed by atoms with Crippen LogP contribution in [0.3, 0.4) is 0 Å². The van der Waals surface area contributed by atoms with Crippen LogP contribution in [-0.2, 0) is 4.79 Å². The lowest BCUT2D eigenvalue weighted by atomic mass is 9.72. The number of rotatable bonds is 4. The number of hydrogen-bond acceptors (Lipinski definition) is 1. The second kappa shape index (κ2) is 7.77. The van der Waals surface area contributed by atoms with Gasteiger partial charge in [-0.1, -0.05) is 49.3 Å². The van der Waals surface area contributed by atoms with Gasteiger partial charge >= 0.3 is 0 Å². The topological polar surface area (TPSA) is 17.1 Å². The molecule has 0 saturated heterocycles. The Hall–Kier alpha value is -1.63. The van der Waals surface area contributed by atoms with Gasteiger partial charge in [0.25, 0.3) is 0 Å². The van der Waals surface area contributed by atoms with E-state index in [9.17, 15) is 4.79 Å². The van der Waals surface area contributed by atoms with E-state index >= 15 is 0 Å². The number of allylic oxidation sites excluding steroid dienone is 10. The zero-order valence-electron chi connectivity index (χ0n) is 15.1. The van der Waals surface area contributed by atoms with E-state index in [1.54, 1.807) is 11.6 Å². The molecule has 0 aromatic heterocycles. The quantitative estimate of drug-likeness (QED) is 0.341. The van der Waals surface area contributed by atoms with Crippen molar-refractivity contribution in [3.63, 3.8) is 0 Å². The van der Waals surface area contributed by atoms with Crippen molar-refractivity contribution in [2.24, 2.45) is 5.41 Å². The van der Waals surface area contributed by atoms with Crippen LogP contribution in [0.4, 0.5) is 0 Å². The smallest absolute Gasteiger partial charge is 0.143 e. The molecule has 2 rings (SSSR count). The maximum Gasteiger partial charge on any atom is 0.143 e. The lowest BCUT2D eigenvalue weighted by Crippen LogP contribution is -2.19. The highest BCUT2D eigenvalue weighted by Gasteiger charge is 2.26. The van der Waals surface area contributed by atoms with Crippen LogP contribution < -0.4 is 0 Å². The van der Waals surface area contributed by atoms with Gasteiger partial charge in [0, 0.05) is 0 Å². The maximum absolute atomic E-state index is 10.6. The Morgan fingerprint density at radius 1 is 1.17 bits per heavy atom. The lowest BCUT2D eigenvalue weighted by Gasteiger charge is -2.33. The first-order valence-corrected chi connectivity index (χ1v) is 8.84. The summed E-state index contributed by atoms with van der Waals surface area (Å²) in [6.07, 6.45) is 18.7. The molecule has 23 heavy (non-hydrogen) atoms. The van der Waals surface area contributed by atoms with Gasteiger partial charge in [-0.05, 0) is 80.6 Å². The molecular formula is C22H30O. The van der Waals surface area contributed by atoms with Crippen molar-refractivity contribution in [1.29, 1.82) is 0 Å². The molecule has 2 aliphatic carbocycles. The van der Waals surface area contributed by atoms with Crippen molar-refractivity contribution in [2.75, 3.05) is 0 Å². The predicted molar refractivity (Wildman–Crippen MR) is 99.3 cm³/mol. The van der Waals surface area contributed by atoms with Crippen LogP contribution in [0, 0.1) is 5.41 Å². The number of carbonyl (C=O) groups excluding carboxylic acids is 1. The van der Waals surface area contributed by atoms with E-state index < -0.39 is 0 Å². The molecule has 0 atom stereocenters. The fourth-order valence-electron chi connectivity index (χ4n) is 3.78. The third kappa shape index (κ3) is 4.92. The fraction of sp³-hybridized carbons (Fsp3) is 0.500. The Bertz CT molecular complexity index is 606. The van der Waals surface area contributed by atoms with Crippen molar-refractivity contribution in [1.82, 2.24) is 0 Å². The molecule has 0 heterocycles. The van der Waals surface area contributed by atoms with Crippen LogP contribution in [-0.4, -0.2) is 6.29 Å². The molecule has 0 N–H and O–H groups in total. The van der Waals surface area contributed by atoms with Crippen molar-refractivity contribution in [2.45, 2.75) is 66.2 Å². The highest BCUT2D eigenvalue weighted by molar-refractivity contribution is 5.67. The molecule has 0 unspecified atom stereocenters. The van der Waals surface area contributed by atoms with Gasteiger partial charge in [0.1, 0.15) is 6.29 Å². The summed E-state index contributed by atoms with van der Waals surface area (Å²) < 4.78 is 0. The van der Waals surface area contributed by atoms with Gasteiger partial charge in [-0.3, -0.25) is 4.79 Å². The average Bonchev–Trinajstić information content (AvgIpc) is 2.46. The summed E-state index contributed by atoms with van der Waals surface area (Å²) in [6.45, 7) is 9.16. The second-order valence-corrected chi connectivity index (χ2v) is 7.60. The van der Waals surface area contributed by atoms with Crippen molar-refractivity contribution in [3.8, 4) is 0 Å². The molecule has 0 spiro atoms. The van der Waals surface area contributed by atoms with E-state index in [1.807, 2.05) is 0 Å². The second-order valence-electron chi connectivity index (χ2n) is 7.60. The minimum absolute atomic E-state index is 0.295. The minimum atomic E-state index is 0.295. The van der Waals surface area contributed by atoms with Crippen LogP contribution >= 0.6 is 0 Å². The SMILES string of the molecule is CC1=C(/C=C/C(C)=C/C2=CC(=C/C=O)/CCC2)C(C)(C)CCC1. The number of carbonyl (C=O) groups is 1. The zero-order valence-corrected chi connectivity index (χ0v) is 15.1. The van der Waals surface area contributed by atoms with Gasteiger partial charge in [-0.25, -0.2) is 0 Å². The molecule has 1 heteroatoms. The van der Waals surface area contributed by atoms with E-state index in [1.165, 1.54) is 36.0 Å². The van der Waals surface area contributed by atoms with E-state index in [0.717, 1.165) is 31.1 Å². The summed E-state index contributed by atoms with van der Waals surface area (Å²) in [7, 11) is 0. The van der Waals surface area contributed by atoms with Gasteiger partial charge in [-0.2, -0.15) is 0 Å². The molecular weight excluding hydrogens is 280 g/mol. The zero-order chi connectivity index (χ0) is 16.9. The predicted octanol–water partition coefficient (Wildman–Crippen LogP) is 6.25. The summed E-state index contributed by atoms with van der Waals surface area (Å²) in [4.78, 5) is 10.6. The molecule has 0 radical (unpaired) electrons. The monoisotopic (exact) mass is 310 g/mol. The molecule has 0 aromatic rings. The van der Waals surface area contributed by atoms with Crippen LogP contribution in [0.25, 0.3) is 0 Å².